The fourth-order valence-corrected chi connectivity index (χ4v) is 2.93. The van der Waals surface area contributed by atoms with Crippen LogP contribution in [-0.4, -0.2) is 12.6 Å². The van der Waals surface area contributed by atoms with Gasteiger partial charge in [-0.25, -0.2) is 0 Å². The number of hydrogen-bond acceptors (Lipinski definition) is 1. The Labute approximate surface area is 93.2 Å². The minimum Gasteiger partial charge on any atom is -0.368 e. The normalized spacial score (nSPS) is 20.8. The predicted octanol–water partition coefficient (Wildman–Crippen LogP) is 3.36. The predicted molar refractivity (Wildman–Crippen MR) is 62.8 cm³/mol. The third kappa shape index (κ3) is 1.36. The second-order valence-corrected chi connectivity index (χ2v) is 5.12. The van der Waals surface area contributed by atoms with E-state index < -0.39 is 0 Å². The zero-order valence-electron chi connectivity index (χ0n) is 8.17. The summed E-state index contributed by atoms with van der Waals surface area (Å²) in [6, 6.07) is 7.44. The lowest BCUT2D eigenvalue weighted by atomic mass is 10.0. The standard InChI is InChI=1S/C12H14BrN/c13-11-4-1-5-12-10(11)3-2-8-14(12)9-6-7-9/h1,4-5,9H,2-3,6-8H2. The molecule has 0 unspecified atom stereocenters. The lowest BCUT2D eigenvalue weighted by Crippen LogP contribution is -2.31. The molecule has 14 heavy (non-hydrogen) atoms. The summed E-state index contributed by atoms with van der Waals surface area (Å²) >= 11 is 3.65. The highest BCUT2D eigenvalue weighted by atomic mass is 79.9. The molecule has 0 radical (unpaired) electrons. The molecule has 0 saturated heterocycles. The molecule has 1 aliphatic carbocycles. The van der Waals surface area contributed by atoms with Crippen molar-refractivity contribution in [3.05, 3.63) is 28.2 Å². The molecule has 2 heteroatoms. The largest absolute Gasteiger partial charge is 0.368 e. The molecule has 74 valence electrons. The number of hydrogen-bond donors (Lipinski definition) is 0. The molecule has 2 aliphatic rings. The van der Waals surface area contributed by atoms with Crippen LogP contribution in [-0.2, 0) is 6.42 Å². The van der Waals surface area contributed by atoms with Gasteiger partial charge < -0.3 is 4.90 Å². The van der Waals surface area contributed by atoms with Crippen LogP contribution >= 0.6 is 15.9 Å². The Bertz CT molecular complexity index is 357. The second kappa shape index (κ2) is 3.27. The summed E-state index contributed by atoms with van der Waals surface area (Å²) in [5.74, 6) is 0. The summed E-state index contributed by atoms with van der Waals surface area (Å²) in [7, 11) is 0. The Morgan fingerprint density at radius 2 is 2.14 bits per heavy atom. The molecule has 1 heterocycles. The molecule has 0 atom stereocenters. The van der Waals surface area contributed by atoms with Crippen molar-refractivity contribution in [2.45, 2.75) is 31.7 Å². The molecule has 3 rings (SSSR count). The van der Waals surface area contributed by atoms with Crippen molar-refractivity contribution >= 4 is 21.6 Å². The van der Waals surface area contributed by atoms with Gasteiger partial charge in [-0.05, 0) is 43.4 Å². The zero-order valence-corrected chi connectivity index (χ0v) is 9.76. The molecule has 1 saturated carbocycles. The number of halogens is 1. The van der Waals surface area contributed by atoms with E-state index in [1.807, 2.05) is 0 Å². The van der Waals surface area contributed by atoms with Crippen LogP contribution < -0.4 is 4.90 Å². The van der Waals surface area contributed by atoms with Crippen LogP contribution in [0.3, 0.4) is 0 Å². The van der Waals surface area contributed by atoms with E-state index in [1.54, 1.807) is 0 Å². The van der Waals surface area contributed by atoms with Crippen molar-refractivity contribution in [1.29, 1.82) is 0 Å². The van der Waals surface area contributed by atoms with Crippen LogP contribution in [0.15, 0.2) is 22.7 Å². The van der Waals surface area contributed by atoms with Gasteiger partial charge in [-0.1, -0.05) is 22.0 Å². The minimum atomic E-state index is 0.850. The lowest BCUT2D eigenvalue weighted by molar-refractivity contribution is 0.686. The van der Waals surface area contributed by atoms with Gasteiger partial charge in [0.15, 0.2) is 0 Å². The first-order chi connectivity index (χ1) is 6.86. The van der Waals surface area contributed by atoms with Gasteiger partial charge in [-0.15, -0.1) is 0 Å². The third-order valence-corrected chi connectivity index (χ3v) is 3.96. The Morgan fingerprint density at radius 1 is 1.29 bits per heavy atom. The summed E-state index contributed by atoms with van der Waals surface area (Å²) in [5.41, 5.74) is 3.00. The number of benzene rings is 1. The van der Waals surface area contributed by atoms with Gasteiger partial charge in [0, 0.05) is 22.7 Å². The van der Waals surface area contributed by atoms with Crippen molar-refractivity contribution in [3.63, 3.8) is 0 Å². The summed E-state index contributed by atoms with van der Waals surface area (Å²) in [5, 5.41) is 0. The van der Waals surface area contributed by atoms with E-state index in [4.69, 9.17) is 0 Å². The fraction of sp³-hybridized carbons (Fsp3) is 0.500. The molecule has 0 spiro atoms. The summed E-state index contributed by atoms with van der Waals surface area (Å²) in [6.45, 7) is 1.26. The second-order valence-electron chi connectivity index (χ2n) is 4.27. The van der Waals surface area contributed by atoms with Crippen LogP contribution in [0, 0.1) is 0 Å². The van der Waals surface area contributed by atoms with E-state index in [-0.39, 0.29) is 0 Å². The van der Waals surface area contributed by atoms with Crippen LogP contribution in [0.25, 0.3) is 0 Å². The van der Waals surface area contributed by atoms with Crippen molar-refractivity contribution < 1.29 is 0 Å². The van der Waals surface area contributed by atoms with E-state index in [1.165, 1.54) is 48.0 Å². The van der Waals surface area contributed by atoms with E-state index in [0.29, 0.717) is 0 Å². The molecule has 0 amide bonds. The average molecular weight is 252 g/mol. The Morgan fingerprint density at radius 3 is 2.93 bits per heavy atom. The number of nitrogens with zero attached hydrogens (tertiary/aromatic N) is 1. The molecule has 1 aromatic rings. The SMILES string of the molecule is Brc1cccc2c1CCCN2C1CC1. The molecule has 1 fully saturated rings. The van der Waals surface area contributed by atoms with E-state index in [2.05, 4.69) is 39.0 Å². The highest BCUT2D eigenvalue weighted by molar-refractivity contribution is 9.10. The fourth-order valence-electron chi connectivity index (χ4n) is 2.38. The van der Waals surface area contributed by atoms with Gasteiger partial charge in [0.25, 0.3) is 0 Å². The van der Waals surface area contributed by atoms with Crippen LogP contribution in [0.2, 0.25) is 0 Å². The van der Waals surface area contributed by atoms with Crippen molar-refractivity contribution in [3.8, 4) is 0 Å². The molecular formula is C12H14BrN. The molecule has 1 aliphatic heterocycles. The van der Waals surface area contributed by atoms with Crippen LogP contribution in [0.1, 0.15) is 24.8 Å². The van der Waals surface area contributed by atoms with Crippen molar-refractivity contribution in [2.24, 2.45) is 0 Å². The molecule has 0 N–H and O–H groups in total. The maximum atomic E-state index is 3.65. The van der Waals surface area contributed by atoms with Gasteiger partial charge in [0.05, 0.1) is 0 Å². The van der Waals surface area contributed by atoms with Crippen molar-refractivity contribution in [1.82, 2.24) is 0 Å². The van der Waals surface area contributed by atoms with Crippen LogP contribution in [0.5, 0.6) is 0 Å². The molecule has 0 bridgehead atoms. The summed E-state index contributed by atoms with van der Waals surface area (Å²) in [6.07, 6.45) is 5.34. The monoisotopic (exact) mass is 251 g/mol. The van der Waals surface area contributed by atoms with Gasteiger partial charge in [-0.2, -0.15) is 0 Å². The first kappa shape index (κ1) is 8.78. The summed E-state index contributed by atoms with van der Waals surface area (Å²) < 4.78 is 1.29. The summed E-state index contributed by atoms with van der Waals surface area (Å²) in [4.78, 5) is 2.60. The Kier molecular flexibility index (Phi) is 2.05. The number of anilines is 1. The first-order valence-corrected chi connectivity index (χ1v) is 6.19. The number of rotatable bonds is 1. The maximum Gasteiger partial charge on any atom is 0.0412 e. The van der Waals surface area contributed by atoms with Gasteiger partial charge in [0.1, 0.15) is 0 Å². The Balaban J connectivity index is 2.05. The molecule has 1 nitrogen and oxygen atoms in total. The highest BCUT2D eigenvalue weighted by Gasteiger charge is 2.32. The van der Waals surface area contributed by atoms with E-state index in [9.17, 15) is 0 Å². The van der Waals surface area contributed by atoms with Gasteiger partial charge in [0.2, 0.25) is 0 Å². The van der Waals surface area contributed by atoms with E-state index in [0.717, 1.165) is 6.04 Å². The van der Waals surface area contributed by atoms with Crippen molar-refractivity contribution in [2.75, 3.05) is 11.4 Å². The molecule has 1 aromatic carbocycles. The first-order valence-electron chi connectivity index (χ1n) is 5.40. The van der Waals surface area contributed by atoms with Gasteiger partial charge >= 0.3 is 0 Å². The minimum absolute atomic E-state index is 0.850. The van der Waals surface area contributed by atoms with E-state index >= 15 is 0 Å². The molecule has 0 aromatic heterocycles. The zero-order chi connectivity index (χ0) is 9.54. The maximum absolute atomic E-state index is 3.65. The smallest absolute Gasteiger partial charge is 0.0412 e. The molecular weight excluding hydrogens is 238 g/mol. The Hall–Kier alpha value is -0.500. The highest BCUT2D eigenvalue weighted by Crippen LogP contribution is 2.39. The van der Waals surface area contributed by atoms with Gasteiger partial charge in [-0.3, -0.25) is 0 Å². The quantitative estimate of drug-likeness (QED) is 0.740. The lowest BCUT2D eigenvalue weighted by Gasteiger charge is -2.32. The topological polar surface area (TPSA) is 3.24 Å². The third-order valence-electron chi connectivity index (χ3n) is 3.22. The average Bonchev–Trinajstić information content (AvgIpc) is 3.01. The number of fused-ring (bicyclic) bond motifs is 1. The van der Waals surface area contributed by atoms with Crippen LogP contribution in [0.4, 0.5) is 5.69 Å².